The number of carbonyl (C=O) groups is 2. The molecule has 0 aromatic carbocycles. The van der Waals surface area contributed by atoms with Crippen LogP contribution in [0.4, 0.5) is 0 Å². The molecule has 0 bridgehead atoms. The summed E-state index contributed by atoms with van der Waals surface area (Å²) in [5.41, 5.74) is 1.52. The number of piperazine rings is 1. The minimum atomic E-state index is -0.168. The molecule has 3 aliphatic rings. The van der Waals surface area contributed by atoms with Gasteiger partial charge in [0.05, 0.1) is 6.20 Å². The molecule has 0 radical (unpaired) electrons. The van der Waals surface area contributed by atoms with Crippen molar-refractivity contribution >= 4 is 11.8 Å². The van der Waals surface area contributed by atoms with Crippen molar-refractivity contribution in [2.45, 2.75) is 31.7 Å². The van der Waals surface area contributed by atoms with Crippen molar-refractivity contribution in [3.63, 3.8) is 0 Å². The van der Waals surface area contributed by atoms with E-state index in [1.807, 2.05) is 7.05 Å². The van der Waals surface area contributed by atoms with Gasteiger partial charge in [-0.3, -0.25) is 14.6 Å². The fourth-order valence-electron chi connectivity index (χ4n) is 4.74. The first-order valence-corrected chi connectivity index (χ1v) is 9.83. The van der Waals surface area contributed by atoms with Crippen LogP contribution in [0.2, 0.25) is 0 Å². The lowest BCUT2D eigenvalue weighted by Crippen LogP contribution is -2.55. The number of nitrogens with zero attached hydrogens (tertiary/aromatic N) is 6. The standard InChI is InChI=1S/C20H24N6O2/c1-24-17-5-3-2-4-14(17)18(15(12-21)19(24)27)25-8-10-26(11-9-25)20(28)16-13-22-6-7-23-16/h6-7,13-14,17H,2-5,8-11H2,1H3. The van der Waals surface area contributed by atoms with Crippen LogP contribution >= 0.6 is 0 Å². The van der Waals surface area contributed by atoms with Gasteiger partial charge in [0.1, 0.15) is 17.3 Å². The van der Waals surface area contributed by atoms with Crippen LogP contribution in [-0.2, 0) is 4.79 Å². The lowest BCUT2D eigenvalue weighted by molar-refractivity contribution is -0.130. The molecule has 8 heteroatoms. The van der Waals surface area contributed by atoms with Crippen molar-refractivity contribution in [3.8, 4) is 6.07 Å². The second kappa shape index (κ2) is 7.58. The molecule has 1 saturated heterocycles. The first-order valence-electron chi connectivity index (χ1n) is 9.83. The van der Waals surface area contributed by atoms with Gasteiger partial charge in [0, 0.05) is 63.3 Å². The topological polar surface area (TPSA) is 93.4 Å². The molecule has 4 rings (SSSR count). The molecule has 2 fully saturated rings. The van der Waals surface area contributed by atoms with Gasteiger partial charge in [-0.1, -0.05) is 12.8 Å². The van der Waals surface area contributed by atoms with Crippen LogP contribution in [0.5, 0.6) is 0 Å². The summed E-state index contributed by atoms with van der Waals surface area (Å²) in [7, 11) is 1.82. The summed E-state index contributed by atoms with van der Waals surface area (Å²) in [5.74, 6) is -0.0794. The van der Waals surface area contributed by atoms with Crippen LogP contribution < -0.4 is 0 Å². The Kier molecular flexibility index (Phi) is 4.99. The normalized spacial score (nSPS) is 25.4. The monoisotopic (exact) mass is 380 g/mol. The molecular formula is C20H24N6O2. The number of fused-ring (bicyclic) bond motifs is 1. The van der Waals surface area contributed by atoms with Crippen molar-refractivity contribution in [2.75, 3.05) is 33.2 Å². The number of hydrogen-bond acceptors (Lipinski definition) is 6. The fraction of sp³-hybridized carbons (Fsp3) is 0.550. The molecular weight excluding hydrogens is 356 g/mol. The summed E-state index contributed by atoms with van der Waals surface area (Å²) in [6.45, 7) is 2.32. The van der Waals surface area contributed by atoms with E-state index in [1.165, 1.54) is 12.4 Å². The highest BCUT2D eigenvalue weighted by Crippen LogP contribution is 2.40. The number of likely N-dealkylation sites (N-methyl/N-ethyl adjacent to an activating group) is 1. The molecule has 1 saturated carbocycles. The van der Waals surface area contributed by atoms with Gasteiger partial charge in [0.2, 0.25) is 0 Å². The van der Waals surface area contributed by atoms with Gasteiger partial charge in [0.25, 0.3) is 11.8 Å². The van der Waals surface area contributed by atoms with Gasteiger partial charge < -0.3 is 14.7 Å². The molecule has 1 aliphatic carbocycles. The third-order valence-electron chi connectivity index (χ3n) is 6.17. The van der Waals surface area contributed by atoms with Crippen molar-refractivity contribution in [1.82, 2.24) is 24.7 Å². The average Bonchev–Trinajstić information content (AvgIpc) is 2.76. The Morgan fingerprint density at radius 1 is 1.18 bits per heavy atom. The van der Waals surface area contributed by atoms with Crippen LogP contribution in [0.3, 0.4) is 0 Å². The smallest absolute Gasteiger partial charge is 0.274 e. The van der Waals surface area contributed by atoms with Gasteiger partial charge in [0.15, 0.2) is 0 Å². The van der Waals surface area contributed by atoms with Gasteiger partial charge in [-0.2, -0.15) is 5.26 Å². The van der Waals surface area contributed by atoms with Crippen molar-refractivity contribution in [2.24, 2.45) is 5.92 Å². The predicted octanol–water partition coefficient (Wildman–Crippen LogP) is 1.04. The van der Waals surface area contributed by atoms with E-state index in [4.69, 9.17) is 0 Å². The first-order chi connectivity index (χ1) is 13.6. The molecule has 3 heterocycles. The molecule has 1 aromatic heterocycles. The fourth-order valence-corrected chi connectivity index (χ4v) is 4.74. The third-order valence-corrected chi connectivity index (χ3v) is 6.17. The maximum Gasteiger partial charge on any atom is 0.274 e. The van der Waals surface area contributed by atoms with Gasteiger partial charge in [-0.15, -0.1) is 0 Å². The Morgan fingerprint density at radius 2 is 1.93 bits per heavy atom. The molecule has 0 N–H and O–H groups in total. The van der Waals surface area contributed by atoms with Crippen LogP contribution in [-0.4, -0.2) is 75.8 Å². The highest BCUT2D eigenvalue weighted by molar-refractivity contribution is 5.99. The largest absolute Gasteiger partial charge is 0.370 e. The highest BCUT2D eigenvalue weighted by Gasteiger charge is 2.43. The SMILES string of the molecule is CN1C(=O)C(C#N)=C(N2CCN(C(=O)c3cnccn3)CC2)C2CCCCC21. The van der Waals surface area contributed by atoms with E-state index in [-0.39, 0.29) is 29.3 Å². The van der Waals surface area contributed by atoms with Crippen LogP contribution in [0, 0.1) is 17.2 Å². The lowest BCUT2D eigenvalue weighted by atomic mass is 9.77. The second-order valence-electron chi connectivity index (χ2n) is 7.62. The molecule has 8 nitrogen and oxygen atoms in total. The Bertz CT molecular complexity index is 838. The van der Waals surface area contributed by atoms with E-state index in [9.17, 15) is 14.9 Å². The molecule has 2 atom stereocenters. The number of aromatic nitrogens is 2. The zero-order valence-electron chi connectivity index (χ0n) is 16.0. The lowest BCUT2D eigenvalue weighted by Gasteiger charge is -2.48. The van der Waals surface area contributed by atoms with Gasteiger partial charge in [-0.25, -0.2) is 4.98 Å². The Morgan fingerprint density at radius 3 is 2.61 bits per heavy atom. The second-order valence-corrected chi connectivity index (χ2v) is 7.62. The van der Waals surface area contributed by atoms with Crippen molar-refractivity contribution in [1.29, 1.82) is 5.26 Å². The van der Waals surface area contributed by atoms with Crippen LogP contribution in [0.1, 0.15) is 36.2 Å². The predicted molar refractivity (Wildman–Crippen MR) is 101 cm³/mol. The summed E-state index contributed by atoms with van der Waals surface area (Å²) in [6.07, 6.45) is 8.77. The Labute approximate surface area is 164 Å². The van der Waals surface area contributed by atoms with E-state index in [0.717, 1.165) is 31.4 Å². The zero-order chi connectivity index (χ0) is 19.7. The van der Waals surface area contributed by atoms with Gasteiger partial charge >= 0.3 is 0 Å². The maximum atomic E-state index is 12.8. The van der Waals surface area contributed by atoms with E-state index >= 15 is 0 Å². The minimum Gasteiger partial charge on any atom is -0.370 e. The average molecular weight is 380 g/mol. The van der Waals surface area contributed by atoms with Crippen molar-refractivity contribution < 1.29 is 9.59 Å². The van der Waals surface area contributed by atoms with E-state index in [2.05, 4.69) is 20.9 Å². The zero-order valence-corrected chi connectivity index (χ0v) is 16.0. The van der Waals surface area contributed by atoms with Gasteiger partial charge in [-0.05, 0) is 12.8 Å². The number of rotatable bonds is 2. The molecule has 2 amide bonds. The summed E-state index contributed by atoms with van der Waals surface area (Å²) in [4.78, 5) is 39.1. The summed E-state index contributed by atoms with van der Waals surface area (Å²) >= 11 is 0. The van der Waals surface area contributed by atoms with Crippen LogP contribution in [0.15, 0.2) is 29.9 Å². The summed E-state index contributed by atoms with van der Waals surface area (Å²) in [5, 5.41) is 9.70. The van der Waals surface area contributed by atoms with E-state index in [1.54, 1.807) is 16.0 Å². The summed E-state index contributed by atoms with van der Waals surface area (Å²) in [6, 6.07) is 2.35. The van der Waals surface area contributed by atoms with Crippen molar-refractivity contribution in [3.05, 3.63) is 35.6 Å². The third kappa shape index (κ3) is 3.11. The molecule has 146 valence electrons. The number of amides is 2. The van der Waals surface area contributed by atoms with E-state index in [0.29, 0.717) is 31.9 Å². The number of nitriles is 1. The first kappa shape index (κ1) is 18.4. The Balaban J connectivity index is 1.54. The minimum absolute atomic E-state index is 0.128. The highest BCUT2D eigenvalue weighted by atomic mass is 16.2. The molecule has 0 spiro atoms. The summed E-state index contributed by atoms with van der Waals surface area (Å²) < 4.78 is 0. The molecule has 1 aromatic rings. The number of hydrogen-bond donors (Lipinski definition) is 0. The maximum absolute atomic E-state index is 12.8. The Hall–Kier alpha value is -2.95. The molecule has 28 heavy (non-hydrogen) atoms. The molecule has 2 aliphatic heterocycles. The van der Waals surface area contributed by atoms with Crippen LogP contribution in [0.25, 0.3) is 0 Å². The number of carbonyl (C=O) groups excluding carboxylic acids is 2. The van der Waals surface area contributed by atoms with E-state index < -0.39 is 0 Å². The molecule has 2 unspecified atom stereocenters. The quantitative estimate of drug-likeness (QED) is 0.761.